The smallest absolute Gasteiger partial charge is 0.312 e. The summed E-state index contributed by atoms with van der Waals surface area (Å²) in [5, 5.41) is 5.19. The molecule has 1 N–H and O–H groups in total. The van der Waals surface area contributed by atoms with E-state index in [0.717, 1.165) is 17.5 Å². The molecular weight excluding hydrogens is 426 g/mol. The fraction of sp³-hybridized carbons (Fsp3) is 0.250. The molecule has 2 amide bonds. The molecule has 4 rings (SSSR count). The number of anilines is 2. The highest BCUT2D eigenvalue weighted by Crippen LogP contribution is 2.28. The molecule has 1 fully saturated rings. The van der Waals surface area contributed by atoms with Gasteiger partial charge in [0, 0.05) is 29.6 Å². The van der Waals surface area contributed by atoms with E-state index < -0.39 is 18.0 Å². The number of nitrogens with zero attached hydrogens (tertiary/aromatic N) is 2. The molecule has 32 heavy (non-hydrogen) atoms. The molecule has 1 atom stereocenters. The quantitative estimate of drug-likeness (QED) is 0.550. The van der Waals surface area contributed by atoms with Crippen LogP contribution in [0.3, 0.4) is 0 Å². The lowest BCUT2D eigenvalue weighted by Gasteiger charge is -2.15. The number of hydrogen-bond acceptors (Lipinski definition) is 6. The van der Waals surface area contributed by atoms with Gasteiger partial charge in [-0.05, 0) is 25.0 Å². The SMILES string of the molecule is C[C@@H](OC(=O)Cc1csc(N2CCCC2=O)n1)C(=O)Nc1ccccc1-c1ccccc1. The van der Waals surface area contributed by atoms with E-state index in [9.17, 15) is 14.4 Å². The zero-order chi connectivity index (χ0) is 22.5. The summed E-state index contributed by atoms with van der Waals surface area (Å²) in [6, 6.07) is 17.2. The highest BCUT2D eigenvalue weighted by atomic mass is 32.1. The molecule has 1 aliphatic heterocycles. The molecule has 1 aliphatic rings. The van der Waals surface area contributed by atoms with E-state index in [4.69, 9.17) is 4.74 Å². The van der Waals surface area contributed by atoms with Crippen molar-refractivity contribution in [2.75, 3.05) is 16.8 Å². The van der Waals surface area contributed by atoms with E-state index in [0.29, 0.717) is 29.5 Å². The third kappa shape index (κ3) is 5.03. The normalized spacial score (nSPS) is 14.3. The molecule has 7 nitrogen and oxygen atoms in total. The Balaban J connectivity index is 1.35. The second kappa shape index (κ2) is 9.74. The molecular formula is C24H23N3O4S. The first-order valence-electron chi connectivity index (χ1n) is 10.4. The Bertz CT molecular complexity index is 1130. The van der Waals surface area contributed by atoms with E-state index in [1.54, 1.807) is 10.3 Å². The maximum Gasteiger partial charge on any atom is 0.312 e. The molecule has 2 heterocycles. The Labute approximate surface area is 190 Å². The Kier molecular flexibility index (Phi) is 6.61. The number of aromatic nitrogens is 1. The third-order valence-corrected chi connectivity index (χ3v) is 6.03. The summed E-state index contributed by atoms with van der Waals surface area (Å²) in [7, 11) is 0. The number of carbonyl (C=O) groups excluding carboxylic acids is 3. The minimum Gasteiger partial charge on any atom is -0.452 e. The Morgan fingerprint density at radius 2 is 1.91 bits per heavy atom. The van der Waals surface area contributed by atoms with Crippen LogP contribution in [0.4, 0.5) is 10.8 Å². The van der Waals surface area contributed by atoms with Crippen LogP contribution < -0.4 is 10.2 Å². The van der Waals surface area contributed by atoms with Gasteiger partial charge in [-0.2, -0.15) is 0 Å². The van der Waals surface area contributed by atoms with Crippen LogP contribution in [0.15, 0.2) is 60.0 Å². The van der Waals surface area contributed by atoms with Crippen molar-refractivity contribution in [1.29, 1.82) is 0 Å². The van der Waals surface area contributed by atoms with E-state index in [-0.39, 0.29) is 12.3 Å². The lowest BCUT2D eigenvalue weighted by molar-refractivity contribution is -0.152. The first kappa shape index (κ1) is 21.7. The largest absolute Gasteiger partial charge is 0.452 e. The number of thiazole rings is 1. The predicted molar refractivity (Wildman–Crippen MR) is 123 cm³/mol. The Hall–Kier alpha value is -3.52. The van der Waals surface area contributed by atoms with Crippen LogP contribution in [0.25, 0.3) is 11.1 Å². The fourth-order valence-corrected chi connectivity index (χ4v) is 4.36. The van der Waals surface area contributed by atoms with Gasteiger partial charge in [0.1, 0.15) is 0 Å². The van der Waals surface area contributed by atoms with Crippen LogP contribution in [0, 0.1) is 0 Å². The lowest BCUT2D eigenvalue weighted by atomic mass is 10.0. The van der Waals surface area contributed by atoms with Gasteiger partial charge in [-0.1, -0.05) is 48.5 Å². The predicted octanol–water partition coefficient (Wildman–Crippen LogP) is 4.05. The van der Waals surface area contributed by atoms with Gasteiger partial charge in [0.2, 0.25) is 5.91 Å². The molecule has 0 saturated carbocycles. The van der Waals surface area contributed by atoms with Crippen LogP contribution in [0.2, 0.25) is 0 Å². The average molecular weight is 450 g/mol. The zero-order valence-electron chi connectivity index (χ0n) is 17.6. The summed E-state index contributed by atoms with van der Waals surface area (Å²) >= 11 is 1.33. The van der Waals surface area contributed by atoms with Gasteiger partial charge in [0.25, 0.3) is 5.91 Å². The highest BCUT2D eigenvalue weighted by molar-refractivity contribution is 7.14. The zero-order valence-corrected chi connectivity index (χ0v) is 18.4. The number of benzene rings is 2. The summed E-state index contributed by atoms with van der Waals surface area (Å²) in [5.74, 6) is -0.911. The van der Waals surface area contributed by atoms with Crippen molar-refractivity contribution in [3.05, 3.63) is 65.7 Å². The number of esters is 1. The number of para-hydroxylation sites is 1. The maximum absolute atomic E-state index is 12.7. The number of rotatable bonds is 7. The first-order valence-corrected chi connectivity index (χ1v) is 11.3. The number of ether oxygens (including phenoxy) is 1. The standard InChI is InChI=1S/C24H23N3O4S/c1-16(23(30)26-20-11-6-5-10-19(20)17-8-3-2-4-9-17)31-22(29)14-18-15-32-24(25-18)27-13-7-12-21(27)28/h2-6,8-11,15-16H,7,12-14H2,1H3,(H,26,30)/t16-/m1/s1. The van der Waals surface area contributed by atoms with Crippen LogP contribution in [0.1, 0.15) is 25.5 Å². The summed E-state index contributed by atoms with van der Waals surface area (Å²) in [6.07, 6.45) is 0.313. The van der Waals surface area contributed by atoms with Crippen molar-refractivity contribution in [2.45, 2.75) is 32.3 Å². The van der Waals surface area contributed by atoms with Crippen molar-refractivity contribution in [3.8, 4) is 11.1 Å². The fourth-order valence-electron chi connectivity index (χ4n) is 3.49. The van der Waals surface area contributed by atoms with Crippen molar-refractivity contribution in [3.63, 3.8) is 0 Å². The van der Waals surface area contributed by atoms with Gasteiger partial charge in [0.05, 0.1) is 12.1 Å². The van der Waals surface area contributed by atoms with E-state index >= 15 is 0 Å². The van der Waals surface area contributed by atoms with Crippen LogP contribution in [0.5, 0.6) is 0 Å². The van der Waals surface area contributed by atoms with Gasteiger partial charge < -0.3 is 10.1 Å². The molecule has 3 aromatic rings. The average Bonchev–Trinajstić information content (AvgIpc) is 3.43. The van der Waals surface area contributed by atoms with Crippen molar-refractivity contribution in [1.82, 2.24) is 4.98 Å². The molecule has 1 saturated heterocycles. The number of hydrogen-bond donors (Lipinski definition) is 1. The van der Waals surface area contributed by atoms with Crippen LogP contribution in [-0.4, -0.2) is 35.4 Å². The Morgan fingerprint density at radius 1 is 1.16 bits per heavy atom. The summed E-state index contributed by atoms with van der Waals surface area (Å²) in [6.45, 7) is 2.19. The monoisotopic (exact) mass is 449 g/mol. The highest BCUT2D eigenvalue weighted by Gasteiger charge is 2.25. The molecule has 0 spiro atoms. The van der Waals surface area contributed by atoms with Gasteiger partial charge in [-0.3, -0.25) is 19.3 Å². The second-order valence-electron chi connectivity index (χ2n) is 7.48. The van der Waals surface area contributed by atoms with Crippen molar-refractivity contribution in [2.24, 2.45) is 0 Å². The maximum atomic E-state index is 12.7. The van der Waals surface area contributed by atoms with Crippen LogP contribution >= 0.6 is 11.3 Å². The van der Waals surface area contributed by atoms with Gasteiger partial charge in [0.15, 0.2) is 11.2 Å². The Morgan fingerprint density at radius 3 is 2.66 bits per heavy atom. The second-order valence-corrected chi connectivity index (χ2v) is 8.32. The number of nitrogens with one attached hydrogen (secondary N) is 1. The minimum absolute atomic E-state index is 0.0505. The van der Waals surface area contributed by atoms with Crippen LogP contribution in [-0.2, 0) is 25.5 Å². The van der Waals surface area contributed by atoms with Gasteiger partial charge in [-0.25, -0.2) is 4.98 Å². The lowest BCUT2D eigenvalue weighted by Crippen LogP contribution is -2.30. The van der Waals surface area contributed by atoms with Crippen molar-refractivity contribution >= 4 is 39.9 Å². The molecule has 0 radical (unpaired) electrons. The molecule has 164 valence electrons. The summed E-state index contributed by atoms with van der Waals surface area (Å²) in [5.41, 5.74) is 3.03. The van der Waals surface area contributed by atoms with Gasteiger partial charge >= 0.3 is 5.97 Å². The minimum atomic E-state index is -0.968. The van der Waals surface area contributed by atoms with E-state index in [1.165, 1.54) is 18.3 Å². The van der Waals surface area contributed by atoms with E-state index in [2.05, 4.69) is 10.3 Å². The first-order chi connectivity index (χ1) is 15.5. The van der Waals surface area contributed by atoms with E-state index in [1.807, 2.05) is 54.6 Å². The molecule has 1 aromatic heterocycles. The molecule has 0 unspecified atom stereocenters. The third-order valence-electron chi connectivity index (χ3n) is 5.12. The molecule has 0 bridgehead atoms. The molecule has 2 aromatic carbocycles. The van der Waals surface area contributed by atoms with Gasteiger partial charge in [-0.15, -0.1) is 11.3 Å². The topological polar surface area (TPSA) is 88.6 Å². The summed E-state index contributed by atoms with van der Waals surface area (Å²) < 4.78 is 5.32. The molecule has 0 aliphatic carbocycles. The summed E-state index contributed by atoms with van der Waals surface area (Å²) in [4.78, 5) is 42.9. The number of amides is 2. The molecule has 8 heteroatoms. The number of carbonyl (C=O) groups is 3. The van der Waals surface area contributed by atoms with Crippen molar-refractivity contribution < 1.29 is 19.1 Å².